The summed E-state index contributed by atoms with van der Waals surface area (Å²) in [5, 5.41) is 13.6. The Morgan fingerprint density at radius 3 is 2.19 bits per heavy atom. The van der Waals surface area contributed by atoms with Crippen LogP contribution < -0.4 is 10.0 Å². The van der Waals surface area contributed by atoms with Gasteiger partial charge in [0.25, 0.3) is 10.0 Å². The molecule has 0 saturated heterocycles. The molecule has 1 heterocycles. The van der Waals surface area contributed by atoms with Crippen LogP contribution in [-0.4, -0.2) is 24.5 Å². The number of hydrogen-bond acceptors (Lipinski definition) is 6. The van der Waals surface area contributed by atoms with Gasteiger partial charge in [-0.2, -0.15) is 8.42 Å². The first-order valence-corrected chi connectivity index (χ1v) is 13.4. The lowest BCUT2D eigenvalue weighted by Gasteiger charge is -2.30. The molecule has 2 amide bonds. The molecule has 3 rings (SSSR count). The summed E-state index contributed by atoms with van der Waals surface area (Å²) >= 11 is 0.920. The second kappa shape index (κ2) is 9.49. The highest BCUT2D eigenvalue weighted by Crippen LogP contribution is 2.40. The van der Waals surface area contributed by atoms with Crippen LogP contribution in [0.3, 0.4) is 0 Å². The van der Waals surface area contributed by atoms with E-state index in [1.54, 1.807) is 0 Å². The Morgan fingerprint density at radius 2 is 1.66 bits per heavy atom. The first kappa shape index (κ1) is 24.7. The average molecular weight is 480 g/mol. The molecule has 0 radical (unpaired) electrons. The minimum atomic E-state index is -4.16. The number of nitrogens with zero attached hydrogens (tertiary/aromatic N) is 1. The summed E-state index contributed by atoms with van der Waals surface area (Å²) in [7, 11) is -4.16. The van der Waals surface area contributed by atoms with Gasteiger partial charge in [-0.15, -0.1) is 11.3 Å². The van der Waals surface area contributed by atoms with Gasteiger partial charge >= 0.3 is 6.03 Å². The number of rotatable bonds is 6. The molecule has 3 N–H and O–H groups in total. The maximum absolute atomic E-state index is 12.8. The quantitative estimate of drug-likeness (QED) is 0.517. The fraction of sp³-hybridized carbons (Fsp3) is 0.565. The number of carbonyl (C=O) groups excluding carboxylic acids is 1. The van der Waals surface area contributed by atoms with E-state index in [9.17, 15) is 18.3 Å². The van der Waals surface area contributed by atoms with Gasteiger partial charge in [0.15, 0.2) is 0 Å². The molecule has 0 spiro atoms. The van der Waals surface area contributed by atoms with Gasteiger partial charge in [0.1, 0.15) is 5.60 Å². The lowest BCUT2D eigenvalue weighted by atomic mass is 9.84. The molecule has 1 aromatic heterocycles. The molecule has 1 saturated carbocycles. The average Bonchev–Trinajstić information content (AvgIpc) is 3.21. The summed E-state index contributed by atoms with van der Waals surface area (Å²) in [6.07, 6.45) is 5.44. The molecule has 1 aromatic carbocycles. The number of aromatic nitrogens is 1. The molecule has 9 heteroatoms. The molecule has 176 valence electrons. The van der Waals surface area contributed by atoms with Gasteiger partial charge in [0.2, 0.25) is 4.34 Å². The number of benzene rings is 1. The minimum Gasteiger partial charge on any atom is -0.384 e. The van der Waals surface area contributed by atoms with Crippen LogP contribution in [0.5, 0.6) is 0 Å². The molecule has 0 atom stereocenters. The molecule has 1 fully saturated rings. The second-order valence-corrected chi connectivity index (χ2v) is 12.2. The Hall–Kier alpha value is -1.97. The zero-order chi connectivity index (χ0) is 23.7. The standard InChI is InChI=1S/C23H33N3O4S2/c1-14(2)17-11-16(5)12-18(15(3)4)20(17)25-21(27)26-32(29,30)22-24-13-19(31-22)23(28)9-7-6-8-10-23/h11-15,28H,6-10H2,1-5H3,(H2,25,26,27). The number of amides is 2. The van der Waals surface area contributed by atoms with Crippen molar-refractivity contribution in [3.63, 3.8) is 0 Å². The molecule has 0 aliphatic heterocycles. The van der Waals surface area contributed by atoms with Crippen LogP contribution in [0.1, 0.15) is 93.2 Å². The Bertz CT molecular complexity index is 1060. The van der Waals surface area contributed by atoms with Crippen LogP contribution in [-0.2, 0) is 15.6 Å². The summed E-state index contributed by atoms with van der Waals surface area (Å²) in [4.78, 5) is 17.3. The van der Waals surface area contributed by atoms with Crippen molar-refractivity contribution in [3.05, 3.63) is 39.9 Å². The molecular formula is C23H33N3O4S2. The van der Waals surface area contributed by atoms with Gasteiger partial charge in [0, 0.05) is 11.9 Å². The van der Waals surface area contributed by atoms with Crippen molar-refractivity contribution in [1.82, 2.24) is 9.71 Å². The Balaban J connectivity index is 1.82. The summed E-state index contributed by atoms with van der Waals surface area (Å²) in [6, 6.07) is 3.20. The Labute approximate surface area is 194 Å². The van der Waals surface area contributed by atoms with E-state index in [0.29, 0.717) is 23.4 Å². The molecule has 2 aromatic rings. The van der Waals surface area contributed by atoms with Crippen molar-refractivity contribution >= 4 is 33.1 Å². The number of aliphatic hydroxyl groups is 1. The fourth-order valence-electron chi connectivity index (χ4n) is 4.18. The third kappa shape index (κ3) is 5.32. The van der Waals surface area contributed by atoms with E-state index >= 15 is 0 Å². The molecular weight excluding hydrogens is 446 g/mol. The number of carbonyl (C=O) groups is 1. The van der Waals surface area contributed by atoms with Gasteiger partial charge < -0.3 is 10.4 Å². The first-order valence-electron chi connectivity index (χ1n) is 11.1. The third-order valence-electron chi connectivity index (χ3n) is 5.91. The number of hydrogen-bond donors (Lipinski definition) is 3. The van der Waals surface area contributed by atoms with Crippen LogP contribution >= 0.6 is 11.3 Å². The van der Waals surface area contributed by atoms with Crippen LogP contribution in [0, 0.1) is 6.92 Å². The van der Waals surface area contributed by atoms with E-state index < -0.39 is 21.7 Å². The van der Waals surface area contributed by atoms with E-state index in [2.05, 4.69) is 15.0 Å². The maximum atomic E-state index is 12.8. The van der Waals surface area contributed by atoms with Crippen LogP contribution in [0.25, 0.3) is 0 Å². The summed E-state index contributed by atoms with van der Waals surface area (Å²) in [6.45, 7) is 10.1. The van der Waals surface area contributed by atoms with Crippen molar-refractivity contribution in [1.29, 1.82) is 0 Å². The van der Waals surface area contributed by atoms with Crippen molar-refractivity contribution in [2.24, 2.45) is 0 Å². The van der Waals surface area contributed by atoms with Crippen molar-refractivity contribution < 1.29 is 18.3 Å². The number of urea groups is 1. The normalized spacial score (nSPS) is 16.4. The van der Waals surface area contributed by atoms with Crippen molar-refractivity contribution in [2.75, 3.05) is 5.32 Å². The summed E-state index contributed by atoms with van der Waals surface area (Å²) < 4.78 is 27.5. The predicted molar refractivity (Wildman–Crippen MR) is 128 cm³/mol. The lowest BCUT2D eigenvalue weighted by Crippen LogP contribution is -2.35. The third-order valence-corrected chi connectivity index (χ3v) is 8.82. The topological polar surface area (TPSA) is 108 Å². The number of anilines is 1. The molecule has 7 nitrogen and oxygen atoms in total. The molecule has 0 bridgehead atoms. The number of sulfonamides is 1. The zero-order valence-corrected chi connectivity index (χ0v) is 21.0. The molecule has 0 unspecified atom stereocenters. The second-order valence-electron chi connectivity index (χ2n) is 9.27. The van der Waals surface area contributed by atoms with E-state index in [0.717, 1.165) is 47.3 Å². The van der Waals surface area contributed by atoms with E-state index in [1.807, 2.05) is 46.8 Å². The smallest absolute Gasteiger partial charge is 0.333 e. The van der Waals surface area contributed by atoms with Gasteiger partial charge in [0.05, 0.1) is 4.88 Å². The van der Waals surface area contributed by atoms with Crippen LogP contribution in [0.2, 0.25) is 0 Å². The zero-order valence-electron chi connectivity index (χ0n) is 19.4. The van der Waals surface area contributed by atoms with E-state index in [1.165, 1.54) is 6.20 Å². The minimum absolute atomic E-state index is 0.150. The molecule has 1 aliphatic carbocycles. The van der Waals surface area contributed by atoms with E-state index in [-0.39, 0.29) is 16.2 Å². The number of nitrogens with one attached hydrogen (secondary N) is 2. The highest BCUT2D eigenvalue weighted by molar-refractivity contribution is 7.92. The molecule has 32 heavy (non-hydrogen) atoms. The first-order chi connectivity index (χ1) is 14.9. The van der Waals surface area contributed by atoms with Gasteiger partial charge in [-0.1, -0.05) is 64.7 Å². The number of aryl methyl sites for hydroxylation is 1. The van der Waals surface area contributed by atoms with Crippen LogP contribution in [0.15, 0.2) is 22.7 Å². The van der Waals surface area contributed by atoms with E-state index in [4.69, 9.17) is 0 Å². The SMILES string of the molecule is Cc1cc(C(C)C)c(NC(=O)NS(=O)(=O)c2ncc(C3(O)CCCCC3)s2)c(C(C)C)c1. The summed E-state index contributed by atoms with van der Waals surface area (Å²) in [5.74, 6) is 0.300. The summed E-state index contributed by atoms with van der Waals surface area (Å²) in [5.41, 5.74) is 2.61. The highest BCUT2D eigenvalue weighted by atomic mass is 32.2. The Morgan fingerprint density at radius 1 is 1.09 bits per heavy atom. The maximum Gasteiger partial charge on any atom is 0.333 e. The van der Waals surface area contributed by atoms with Gasteiger partial charge in [-0.25, -0.2) is 14.5 Å². The van der Waals surface area contributed by atoms with Gasteiger partial charge in [-0.3, -0.25) is 0 Å². The van der Waals surface area contributed by atoms with Crippen LogP contribution in [0.4, 0.5) is 10.5 Å². The van der Waals surface area contributed by atoms with Crippen molar-refractivity contribution in [2.45, 2.75) is 88.5 Å². The monoisotopic (exact) mass is 479 g/mol. The molecule has 1 aliphatic rings. The number of thiazole rings is 1. The largest absolute Gasteiger partial charge is 0.384 e. The van der Waals surface area contributed by atoms with Gasteiger partial charge in [-0.05, 0) is 42.7 Å². The Kier molecular flexibility index (Phi) is 7.31. The predicted octanol–water partition coefficient (Wildman–Crippen LogP) is 5.36. The highest BCUT2D eigenvalue weighted by Gasteiger charge is 2.35. The van der Waals surface area contributed by atoms with Crippen molar-refractivity contribution in [3.8, 4) is 0 Å². The lowest BCUT2D eigenvalue weighted by molar-refractivity contribution is 0.00264. The fourth-order valence-corrected chi connectivity index (χ4v) is 6.38.